The first kappa shape index (κ1) is 12.6. The Kier molecular flexibility index (Phi) is 3.50. The summed E-state index contributed by atoms with van der Waals surface area (Å²) in [4.78, 5) is 19.5. The molecule has 4 nitrogen and oxygen atoms in total. The van der Waals surface area contributed by atoms with Crippen LogP contribution in [0.5, 0.6) is 0 Å². The van der Waals surface area contributed by atoms with Gasteiger partial charge in [-0.25, -0.2) is 9.97 Å². The van der Waals surface area contributed by atoms with Crippen LogP contribution in [0, 0.1) is 0 Å². The van der Waals surface area contributed by atoms with Crippen LogP contribution in [0.3, 0.4) is 0 Å². The number of thioether (sulfide) groups is 1. The number of fused-ring (bicyclic) bond motifs is 1. The van der Waals surface area contributed by atoms with Gasteiger partial charge in [0.1, 0.15) is 10.7 Å². The van der Waals surface area contributed by atoms with Gasteiger partial charge in [-0.1, -0.05) is 23.9 Å². The van der Waals surface area contributed by atoms with E-state index in [1.807, 2.05) is 29.6 Å². The number of aromatic nitrogens is 2. The first-order valence-electron chi connectivity index (χ1n) is 5.38. The SMILES string of the molecule is O=C(O)CSc1nc(-c2nc3ccccc3s2)cs1. The number of benzene rings is 1. The van der Waals surface area contributed by atoms with Gasteiger partial charge in [0.25, 0.3) is 0 Å². The third-order valence-corrected chi connectivity index (χ3v) is 5.38. The Bertz CT molecular complexity index is 702. The molecule has 3 rings (SSSR count). The molecule has 96 valence electrons. The summed E-state index contributed by atoms with van der Waals surface area (Å²) in [5, 5.41) is 11.4. The van der Waals surface area contributed by atoms with E-state index >= 15 is 0 Å². The summed E-state index contributed by atoms with van der Waals surface area (Å²) in [5.74, 6) is -0.797. The molecular weight excluding hydrogens is 300 g/mol. The summed E-state index contributed by atoms with van der Waals surface area (Å²) in [6.07, 6.45) is 0. The predicted octanol–water partition coefficient (Wildman–Crippen LogP) is 3.60. The molecule has 19 heavy (non-hydrogen) atoms. The van der Waals surface area contributed by atoms with E-state index in [0.29, 0.717) is 0 Å². The number of hydrogen-bond acceptors (Lipinski definition) is 6. The molecule has 0 radical (unpaired) electrons. The van der Waals surface area contributed by atoms with Gasteiger partial charge in [-0.05, 0) is 12.1 Å². The molecule has 0 aliphatic carbocycles. The van der Waals surface area contributed by atoms with Gasteiger partial charge < -0.3 is 5.11 Å². The van der Waals surface area contributed by atoms with Gasteiger partial charge in [0, 0.05) is 5.38 Å². The summed E-state index contributed by atoms with van der Waals surface area (Å²) in [6.45, 7) is 0. The minimum absolute atomic E-state index is 0.0345. The zero-order chi connectivity index (χ0) is 13.2. The van der Waals surface area contributed by atoms with Crippen molar-refractivity contribution >= 4 is 50.6 Å². The molecular formula is C12H8N2O2S3. The molecule has 1 aromatic carbocycles. The number of carboxylic acids is 1. The molecule has 0 atom stereocenters. The van der Waals surface area contributed by atoms with Crippen LogP contribution >= 0.6 is 34.4 Å². The highest BCUT2D eigenvalue weighted by atomic mass is 32.2. The second-order valence-corrected chi connectivity index (χ2v) is 6.78. The zero-order valence-electron chi connectivity index (χ0n) is 9.57. The fraction of sp³-hybridized carbons (Fsp3) is 0.0833. The lowest BCUT2D eigenvalue weighted by Crippen LogP contribution is -1.96. The summed E-state index contributed by atoms with van der Waals surface area (Å²) >= 11 is 4.28. The molecule has 0 unspecified atom stereocenters. The van der Waals surface area contributed by atoms with E-state index in [-0.39, 0.29) is 5.75 Å². The van der Waals surface area contributed by atoms with Gasteiger partial charge in [0.2, 0.25) is 0 Å². The second kappa shape index (κ2) is 5.28. The van der Waals surface area contributed by atoms with Crippen molar-refractivity contribution in [1.29, 1.82) is 0 Å². The number of carboxylic acid groups (broad SMARTS) is 1. The smallest absolute Gasteiger partial charge is 0.313 e. The van der Waals surface area contributed by atoms with Crippen molar-refractivity contribution in [1.82, 2.24) is 9.97 Å². The van der Waals surface area contributed by atoms with Gasteiger partial charge in [-0.3, -0.25) is 4.79 Å². The largest absolute Gasteiger partial charge is 0.481 e. The molecule has 0 spiro atoms. The molecule has 2 heterocycles. The minimum Gasteiger partial charge on any atom is -0.481 e. The summed E-state index contributed by atoms with van der Waals surface area (Å²) in [6, 6.07) is 7.95. The summed E-state index contributed by atoms with van der Waals surface area (Å²) in [5.41, 5.74) is 1.79. The van der Waals surface area contributed by atoms with Crippen LogP contribution in [0.4, 0.5) is 0 Å². The maximum Gasteiger partial charge on any atom is 0.313 e. The first-order chi connectivity index (χ1) is 9.22. The average Bonchev–Trinajstić information content (AvgIpc) is 3.02. The number of hydrogen-bond donors (Lipinski definition) is 1. The molecule has 1 N–H and O–H groups in total. The van der Waals surface area contributed by atoms with Gasteiger partial charge in [-0.15, -0.1) is 22.7 Å². The Balaban J connectivity index is 1.87. The Morgan fingerprint density at radius 1 is 1.32 bits per heavy atom. The van der Waals surface area contributed by atoms with E-state index in [4.69, 9.17) is 5.11 Å². The molecule has 0 amide bonds. The van der Waals surface area contributed by atoms with Crippen molar-refractivity contribution < 1.29 is 9.90 Å². The zero-order valence-corrected chi connectivity index (χ0v) is 12.0. The van der Waals surface area contributed by atoms with E-state index in [1.165, 1.54) is 23.1 Å². The molecule has 0 saturated heterocycles. The van der Waals surface area contributed by atoms with Crippen LogP contribution in [0.25, 0.3) is 20.9 Å². The summed E-state index contributed by atoms with van der Waals surface area (Å²) in [7, 11) is 0. The van der Waals surface area contributed by atoms with Crippen molar-refractivity contribution in [2.45, 2.75) is 4.34 Å². The number of nitrogens with zero attached hydrogens (tertiary/aromatic N) is 2. The third kappa shape index (κ3) is 2.78. The van der Waals surface area contributed by atoms with Crippen molar-refractivity contribution in [2.24, 2.45) is 0 Å². The number of para-hydroxylation sites is 1. The monoisotopic (exact) mass is 308 g/mol. The third-order valence-electron chi connectivity index (χ3n) is 2.32. The quantitative estimate of drug-likeness (QED) is 0.746. The van der Waals surface area contributed by atoms with E-state index in [9.17, 15) is 4.79 Å². The average molecular weight is 308 g/mol. The first-order valence-corrected chi connectivity index (χ1v) is 8.06. The molecule has 0 bridgehead atoms. The van der Waals surface area contributed by atoms with Crippen molar-refractivity contribution in [2.75, 3.05) is 5.75 Å². The minimum atomic E-state index is -0.832. The number of aliphatic carboxylic acids is 1. The summed E-state index contributed by atoms with van der Waals surface area (Å²) < 4.78 is 1.89. The number of carbonyl (C=O) groups is 1. The predicted molar refractivity (Wildman–Crippen MR) is 79.1 cm³/mol. The lowest BCUT2D eigenvalue weighted by Gasteiger charge is -1.90. The van der Waals surface area contributed by atoms with Crippen LogP contribution < -0.4 is 0 Å². The lowest BCUT2D eigenvalue weighted by atomic mass is 10.3. The van der Waals surface area contributed by atoms with E-state index in [2.05, 4.69) is 9.97 Å². The Labute approximate surface area is 121 Å². The van der Waals surface area contributed by atoms with Crippen molar-refractivity contribution in [3.05, 3.63) is 29.6 Å². The highest BCUT2D eigenvalue weighted by Gasteiger charge is 2.11. The molecule has 7 heteroatoms. The van der Waals surface area contributed by atoms with E-state index in [0.717, 1.165) is 25.3 Å². The standard InChI is InChI=1S/C12H8N2O2S3/c15-10(16)6-18-12-14-8(5-17-12)11-13-7-3-1-2-4-9(7)19-11/h1-5H,6H2,(H,15,16). The highest BCUT2D eigenvalue weighted by Crippen LogP contribution is 2.33. The number of thiazole rings is 2. The maximum atomic E-state index is 10.5. The molecule has 0 aliphatic heterocycles. The topological polar surface area (TPSA) is 63.1 Å². The molecule has 2 aromatic heterocycles. The van der Waals surface area contributed by atoms with Gasteiger partial charge in [0.05, 0.1) is 16.0 Å². The van der Waals surface area contributed by atoms with Crippen LogP contribution in [0.2, 0.25) is 0 Å². The molecule has 0 fully saturated rings. The maximum absolute atomic E-state index is 10.5. The van der Waals surface area contributed by atoms with Gasteiger partial charge >= 0.3 is 5.97 Å². The van der Waals surface area contributed by atoms with Crippen molar-refractivity contribution in [3.63, 3.8) is 0 Å². The highest BCUT2D eigenvalue weighted by molar-refractivity contribution is 8.01. The Hall–Kier alpha value is -1.44. The normalized spacial score (nSPS) is 10.9. The second-order valence-electron chi connectivity index (χ2n) is 3.67. The van der Waals surface area contributed by atoms with Crippen LogP contribution in [0.15, 0.2) is 34.0 Å². The lowest BCUT2D eigenvalue weighted by molar-refractivity contribution is -0.133. The van der Waals surface area contributed by atoms with Gasteiger partial charge in [-0.2, -0.15) is 0 Å². The Morgan fingerprint density at radius 2 is 2.16 bits per heavy atom. The van der Waals surface area contributed by atoms with Crippen LogP contribution in [-0.2, 0) is 4.79 Å². The van der Waals surface area contributed by atoms with Crippen LogP contribution in [0.1, 0.15) is 0 Å². The Morgan fingerprint density at radius 3 is 2.95 bits per heavy atom. The fourth-order valence-corrected chi connectivity index (χ4v) is 4.06. The molecule has 0 aliphatic rings. The fourth-order valence-electron chi connectivity index (χ4n) is 1.53. The molecule has 0 saturated carbocycles. The molecule has 3 aromatic rings. The van der Waals surface area contributed by atoms with E-state index in [1.54, 1.807) is 11.3 Å². The van der Waals surface area contributed by atoms with E-state index < -0.39 is 5.97 Å². The number of rotatable bonds is 4. The van der Waals surface area contributed by atoms with Crippen molar-refractivity contribution in [3.8, 4) is 10.7 Å². The van der Waals surface area contributed by atoms with Crippen LogP contribution in [-0.4, -0.2) is 26.8 Å². The van der Waals surface area contributed by atoms with Gasteiger partial charge in [0.15, 0.2) is 4.34 Å².